The third-order valence-electron chi connectivity index (χ3n) is 4.73. The van der Waals surface area contributed by atoms with Gasteiger partial charge in [0.1, 0.15) is 17.6 Å². The van der Waals surface area contributed by atoms with Crippen molar-refractivity contribution in [1.82, 2.24) is 9.78 Å². The van der Waals surface area contributed by atoms with Crippen molar-refractivity contribution in [3.63, 3.8) is 0 Å². The first-order chi connectivity index (χ1) is 14.5. The van der Waals surface area contributed by atoms with Gasteiger partial charge in [0.05, 0.1) is 18.4 Å². The zero-order chi connectivity index (χ0) is 21.1. The fraction of sp³-hybridized carbons (Fsp3) is 0.143. The molecule has 1 aliphatic rings. The number of nitrogens with two attached hydrogens (primary N) is 1. The van der Waals surface area contributed by atoms with E-state index in [0.717, 1.165) is 5.56 Å². The monoisotopic (exact) mass is 422 g/mol. The number of nitrogens with one attached hydrogen (secondary N) is 1. The van der Waals surface area contributed by atoms with Crippen molar-refractivity contribution in [3.8, 4) is 0 Å². The van der Waals surface area contributed by atoms with E-state index in [0.29, 0.717) is 23.1 Å². The van der Waals surface area contributed by atoms with Gasteiger partial charge in [-0.15, -0.1) is 0 Å². The van der Waals surface area contributed by atoms with Crippen LogP contribution >= 0.6 is 11.6 Å². The molecule has 0 radical (unpaired) electrons. The maximum atomic E-state index is 12.8. The number of amides is 2. The number of carbonyl (C=O) groups excluding carboxylic acids is 2. The first kappa shape index (κ1) is 19.7. The average molecular weight is 423 g/mol. The number of anilines is 2. The SMILES string of the molecule is NC(=O)[C@@H]1CC(C(=O)Nc2ccnn2Cc2ccc(Cl)cc2)=NN1c1ccccc1. The summed E-state index contributed by atoms with van der Waals surface area (Å²) in [5.74, 6) is -0.429. The van der Waals surface area contributed by atoms with Crippen LogP contribution in [-0.2, 0) is 16.1 Å². The molecular weight excluding hydrogens is 404 g/mol. The van der Waals surface area contributed by atoms with Crippen LogP contribution in [0.25, 0.3) is 0 Å². The summed E-state index contributed by atoms with van der Waals surface area (Å²) in [6.45, 7) is 0.465. The second-order valence-corrected chi connectivity index (χ2v) is 7.24. The number of benzene rings is 2. The first-order valence-corrected chi connectivity index (χ1v) is 9.68. The Morgan fingerprint density at radius 1 is 1.10 bits per heavy atom. The lowest BCUT2D eigenvalue weighted by atomic mass is 10.1. The molecule has 0 aliphatic carbocycles. The Balaban J connectivity index is 1.51. The minimum Gasteiger partial charge on any atom is -0.368 e. The molecule has 0 spiro atoms. The molecule has 8 nitrogen and oxygen atoms in total. The van der Waals surface area contributed by atoms with Crippen LogP contribution in [0.1, 0.15) is 12.0 Å². The number of rotatable bonds is 6. The minimum atomic E-state index is -0.716. The third-order valence-corrected chi connectivity index (χ3v) is 4.98. The molecule has 3 aromatic rings. The van der Waals surface area contributed by atoms with Crippen molar-refractivity contribution in [2.24, 2.45) is 10.8 Å². The lowest BCUT2D eigenvalue weighted by Gasteiger charge is -2.20. The van der Waals surface area contributed by atoms with Crippen molar-refractivity contribution in [1.29, 1.82) is 0 Å². The number of aromatic nitrogens is 2. The number of hydrogen-bond acceptors (Lipinski definition) is 5. The second-order valence-electron chi connectivity index (χ2n) is 6.80. The van der Waals surface area contributed by atoms with Crippen LogP contribution in [0.15, 0.2) is 72.0 Å². The molecule has 2 amide bonds. The quantitative estimate of drug-likeness (QED) is 0.636. The van der Waals surface area contributed by atoms with Crippen molar-refractivity contribution in [3.05, 3.63) is 77.4 Å². The summed E-state index contributed by atoms with van der Waals surface area (Å²) in [5, 5.41) is 13.6. The summed E-state index contributed by atoms with van der Waals surface area (Å²) < 4.78 is 1.66. The smallest absolute Gasteiger partial charge is 0.273 e. The number of nitrogens with zero attached hydrogens (tertiary/aromatic N) is 4. The van der Waals surface area contributed by atoms with Gasteiger partial charge >= 0.3 is 0 Å². The van der Waals surface area contributed by atoms with Gasteiger partial charge < -0.3 is 11.1 Å². The summed E-state index contributed by atoms with van der Waals surface area (Å²) in [5.41, 5.74) is 7.44. The maximum absolute atomic E-state index is 12.8. The Kier molecular flexibility index (Phi) is 5.49. The number of hydrazone groups is 1. The van der Waals surface area contributed by atoms with Crippen LogP contribution in [0.2, 0.25) is 5.02 Å². The van der Waals surface area contributed by atoms with Crippen molar-refractivity contribution in [2.45, 2.75) is 19.0 Å². The highest BCUT2D eigenvalue weighted by atomic mass is 35.5. The number of primary amides is 1. The molecule has 1 aromatic heterocycles. The predicted molar refractivity (Wildman–Crippen MR) is 115 cm³/mol. The Morgan fingerprint density at radius 3 is 2.53 bits per heavy atom. The zero-order valence-corrected chi connectivity index (χ0v) is 16.7. The highest BCUT2D eigenvalue weighted by molar-refractivity contribution is 6.44. The van der Waals surface area contributed by atoms with E-state index in [1.54, 1.807) is 29.1 Å². The lowest BCUT2D eigenvalue weighted by Crippen LogP contribution is -2.39. The molecule has 30 heavy (non-hydrogen) atoms. The van der Waals surface area contributed by atoms with Crippen LogP contribution in [0.3, 0.4) is 0 Å². The zero-order valence-electron chi connectivity index (χ0n) is 15.9. The van der Waals surface area contributed by atoms with Crippen LogP contribution in [0.5, 0.6) is 0 Å². The first-order valence-electron chi connectivity index (χ1n) is 9.30. The van der Waals surface area contributed by atoms with E-state index in [9.17, 15) is 9.59 Å². The molecule has 1 atom stereocenters. The molecule has 0 saturated carbocycles. The van der Waals surface area contributed by atoms with Crippen LogP contribution in [0, 0.1) is 0 Å². The number of hydrogen-bond donors (Lipinski definition) is 2. The van der Waals surface area contributed by atoms with Crippen LogP contribution in [-0.4, -0.2) is 33.3 Å². The maximum Gasteiger partial charge on any atom is 0.273 e. The van der Waals surface area contributed by atoms with Gasteiger partial charge in [0.25, 0.3) is 5.91 Å². The molecule has 0 fully saturated rings. The van der Waals surface area contributed by atoms with Gasteiger partial charge in [0, 0.05) is 17.5 Å². The number of carbonyl (C=O) groups is 2. The number of halogens is 1. The van der Waals surface area contributed by atoms with Gasteiger partial charge in [-0.3, -0.25) is 14.6 Å². The highest BCUT2D eigenvalue weighted by Crippen LogP contribution is 2.25. The van der Waals surface area contributed by atoms with Gasteiger partial charge in [-0.2, -0.15) is 10.2 Å². The molecule has 0 unspecified atom stereocenters. The molecular formula is C21H19ClN6O2. The van der Waals surface area contributed by atoms with Crippen molar-refractivity contribution in [2.75, 3.05) is 10.3 Å². The van der Waals surface area contributed by atoms with Gasteiger partial charge in [-0.05, 0) is 29.8 Å². The molecule has 2 heterocycles. The summed E-state index contributed by atoms with van der Waals surface area (Å²) in [7, 11) is 0. The lowest BCUT2D eigenvalue weighted by molar-refractivity contribution is -0.119. The largest absolute Gasteiger partial charge is 0.368 e. The average Bonchev–Trinajstić information content (AvgIpc) is 3.38. The normalized spacial score (nSPS) is 15.7. The Bertz CT molecular complexity index is 1090. The Hall–Kier alpha value is -3.65. The fourth-order valence-corrected chi connectivity index (χ4v) is 3.33. The third kappa shape index (κ3) is 4.18. The summed E-state index contributed by atoms with van der Waals surface area (Å²) in [6.07, 6.45) is 1.73. The second kappa shape index (κ2) is 8.38. The standard InChI is InChI=1S/C21H19ClN6O2/c22-15-8-6-14(7-9-15)13-27-19(10-11-24-27)25-21(30)17-12-18(20(23)29)28(26-17)16-4-2-1-3-5-16/h1-11,18H,12-13H2,(H2,23,29)(H,25,30)/t18-/m0/s1. The molecule has 2 aromatic carbocycles. The molecule has 4 rings (SSSR count). The van der Waals surface area contributed by atoms with E-state index in [2.05, 4.69) is 15.5 Å². The van der Waals surface area contributed by atoms with Crippen LogP contribution < -0.4 is 16.1 Å². The van der Waals surface area contributed by atoms with Gasteiger partial charge in [-0.1, -0.05) is 41.9 Å². The molecule has 0 bridgehead atoms. The fourth-order valence-electron chi connectivity index (χ4n) is 3.20. The Morgan fingerprint density at radius 2 is 1.83 bits per heavy atom. The molecule has 152 valence electrons. The van der Waals surface area contributed by atoms with Gasteiger partial charge in [-0.25, -0.2) is 4.68 Å². The molecule has 3 N–H and O–H groups in total. The highest BCUT2D eigenvalue weighted by Gasteiger charge is 2.35. The molecule has 0 saturated heterocycles. The number of para-hydroxylation sites is 1. The molecule has 9 heteroatoms. The Labute approximate surface area is 177 Å². The predicted octanol–water partition coefficient (Wildman–Crippen LogP) is 2.64. The summed E-state index contributed by atoms with van der Waals surface area (Å²) >= 11 is 5.93. The summed E-state index contributed by atoms with van der Waals surface area (Å²) in [4.78, 5) is 24.7. The van der Waals surface area contributed by atoms with E-state index in [1.807, 2.05) is 42.5 Å². The van der Waals surface area contributed by atoms with Crippen molar-refractivity contribution < 1.29 is 9.59 Å². The van der Waals surface area contributed by atoms with E-state index in [-0.39, 0.29) is 12.1 Å². The van der Waals surface area contributed by atoms with Gasteiger partial charge in [0.15, 0.2) is 0 Å². The van der Waals surface area contributed by atoms with E-state index in [1.165, 1.54) is 5.01 Å². The minimum absolute atomic E-state index is 0.126. The van der Waals surface area contributed by atoms with E-state index >= 15 is 0 Å². The summed E-state index contributed by atoms with van der Waals surface area (Å²) in [6, 6.07) is 17.5. The van der Waals surface area contributed by atoms with Gasteiger partial charge in [0.2, 0.25) is 5.91 Å². The molecule has 1 aliphatic heterocycles. The van der Waals surface area contributed by atoms with Crippen LogP contribution in [0.4, 0.5) is 11.5 Å². The van der Waals surface area contributed by atoms with Crippen molar-refractivity contribution >= 4 is 40.6 Å². The topological polar surface area (TPSA) is 106 Å². The van der Waals surface area contributed by atoms with E-state index in [4.69, 9.17) is 17.3 Å². The van der Waals surface area contributed by atoms with E-state index < -0.39 is 17.9 Å².